The third-order valence-electron chi connectivity index (χ3n) is 1.99. The van der Waals surface area contributed by atoms with E-state index < -0.39 is 0 Å². The van der Waals surface area contributed by atoms with Crippen LogP contribution in [0, 0.1) is 6.92 Å². The normalized spacial score (nSPS) is 10.7. The summed E-state index contributed by atoms with van der Waals surface area (Å²) in [5, 5.41) is 7.51. The molecule has 0 radical (unpaired) electrons. The molecule has 0 atom stereocenters. The lowest BCUT2D eigenvalue weighted by Crippen LogP contribution is -2.21. The van der Waals surface area contributed by atoms with E-state index in [1.54, 1.807) is 7.11 Å². The summed E-state index contributed by atoms with van der Waals surface area (Å²) in [6, 6.07) is 0. The third-order valence-corrected chi connectivity index (χ3v) is 1.99. The van der Waals surface area contributed by atoms with Crippen molar-refractivity contribution in [2.45, 2.75) is 19.9 Å². The van der Waals surface area contributed by atoms with E-state index in [1.165, 1.54) is 5.56 Å². The Bertz CT molecular complexity index is 247. The summed E-state index contributed by atoms with van der Waals surface area (Å²) < 4.78 is 6.91. The van der Waals surface area contributed by atoms with Gasteiger partial charge in [-0.2, -0.15) is 5.10 Å². The van der Waals surface area contributed by atoms with Crippen LogP contribution in [0.5, 0.6) is 0 Å². The van der Waals surface area contributed by atoms with Gasteiger partial charge in [0.2, 0.25) is 0 Å². The number of aromatic nitrogens is 2. The molecule has 0 aliphatic heterocycles. The maximum atomic E-state index is 4.93. The third kappa shape index (κ3) is 4.39. The first-order valence-corrected chi connectivity index (χ1v) is 5.01. The van der Waals surface area contributed by atoms with Gasteiger partial charge < -0.3 is 10.1 Å². The zero-order chi connectivity index (χ0) is 10.2. The molecule has 4 heteroatoms. The van der Waals surface area contributed by atoms with Crippen LogP contribution in [0.15, 0.2) is 12.4 Å². The molecule has 0 aromatic carbocycles. The molecule has 1 aromatic heterocycles. The van der Waals surface area contributed by atoms with Crippen LogP contribution in [0.4, 0.5) is 0 Å². The molecule has 0 amide bonds. The highest BCUT2D eigenvalue weighted by atomic mass is 16.5. The fraction of sp³-hybridized carbons (Fsp3) is 0.700. The summed E-state index contributed by atoms with van der Waals surface area (Å²) in [6.07, 6.45) is 5.05. The SMILES string of the molecule is COCCNCCCn1cc(C)cn1. The van der Waals surface area contributed by atoms with Crippen molar-refractivity contribution in [1.82, 2.24) is 15.1 Å². The van der Waals surface area contributed by atoms with Gasteiger partial charge in [0.15, 0.2) is 0 Å². The Morgan fingerprint density at radius 3 is 3.00 bits per heavy atom. The van der Waals surface area contributed by atoms with Gasteiger partial charge in [-0.3, -0.25) is 4.68 Å². The van der Waals surface area contributed by atoms with Crippen molar-refractivity contribution in [3.63, 3.8) is 0 Å². The Morgan fingerprint density at radius 1 is 1.50 bits per heavy atom. The summed E-state index contributed by atoms with van der Waals surface area (Å²) in [4.78, 5) is 0. The Morgan fingerprint density at radius 2 is 2.36 bits per heavy atom. The van der Waals surface area contributed by atoms with E-state index in [9.17, 15) is 0 Å². The second kappa shape index (κ2) is 6.56. The van der Waals surface area contributed by atoms with Crippen molar-refractivity contribution >= 4 is 0 Å². The number of nitrogens with zero attached hydrogens (tertiary/aromatic N) is 2. The molecule has 0 saturated heterocycles. The summed E-state index contributed by atoms with van der Waals surface area (Å²) in [5.41, 5.74) is 1.22. The average Bonchev–Trinajstić information content (AvgIpc) is 2.58. The van der Waals surface area contributed by atoms with Crippen molar-refractivity contribution < 1.29 is 4.74 Å². The molecule has 1 heterocycles. The zero-order valence-corrected chi connectivity index (χ0v) is 8.99. The molecule has 0 unspecified atom stereocenters. The van der Waals surface area contributed by atoms with Crippen LogP contribution < -0.4 is 5.32 Å². The zero-order valence-electron chi connectivity index (χ0n) is 8.99. The van der Waals surface area contributed by atoms with Gasteiger partial charge in [0, 0.05) is 26.4 Å². The number of aryl methyl sites for hydroxylation is 2. The van der Waals surface area contributed by atoms with E-state index in [0.717, 1.165) is 32.7 Å². The summed E-state index contributed by atoms with van der Waals surface area (Å²) >= 11 is 0. The monoisotopic (exact) mass is 197 g/mol. The molecule has 0 bridgehead atoms. The molecule has 1 aromatic rings. The molecule has 1 N–H and O–H groups in total. The molecule has 0 saturated carbocycles. The van der Waals surface area contributed by atoms with Crippen LogP contribution in [-0.4, -0.2) is 36.6 Å². The van der Waals surface area contributed by atoms with Crippen molar-refractivity contribution in [1.29, 1.82) is 0 Å². The molecule has 0 aliphatic carbocycles. The second-order valence-electron chi connectivity index (χ2n) is 3.38. The van der Waals surface area contributed by atoms with Crippen molar-refractivity contribution in [3.8, 4) is 0 Å². The first kappa shape index (κ1) is 11.2. The number of methoxy groups -OCH3 is 1. The number of nitrogens with one attached hydrogen (secondary N) is 1. The predicted octanol–water partition coefficient (Wildman–Crippen LogP) is 0.818. The maximum Gasteiger partial charge on any atom is 0.0587 e. The molecule has 0 aliphatic rings. The molecule has 80 valence electrons. The topological polar surface area (TPSA) is 39.1 Å². The minimum absolute atomic E-state index is 0.779. The van der Waals surface area contributed by atoms with E-state index in [1.807, 2.05) is 10.9 Å². The first-order valence-electron chi connectivity index (χ1n) is 5.01. The van der Waals surface area contributed by atoms with E-state index in [4.69, 9.17) is 4.74 Å². The van der Waals surface area contributed by atoms with E-state index in [-0.39, 0.29) is 0 Å². The molecular weight excluding hydrogens is 178 g/mol. The highest BCUT2D eigenvalue weighted by Gasteiger charge is 1.93. The van der Waals surface area contributed by atoms with Gasteiger partial charge in [0.1, 0.15) is 0 Å². The van der Waals surface area contributed by atoms with Gasteiger partial charge in [-0.25, -0.2) is 0 Å². The quantitative estimate of drug-likeness (QED) is 0.658. The van der Waals surface area contributed by atoms with Gasteiger partial charge in [0.25, 0.3) is 0 Å². The maximum absolute atomic E-state index is 4.93. The van der Waals surface area contributed by atoms with Gasteiger partial charge in [-0.15, -0.1) is 0 Å². The van der Waals surface area contributed by atoms with E-state index in [0.29, 0.717) is 0 Å². The Hall–Kier alpha value is -0.870. The molecule has 0 fully saturated rings. The smallest absolute Gasteiger partial charge is 0.0587 e. The van der Waals surface area contributed by atoms with Crippen LogP contribution >= 0.6 is 0 Å². The lowest BCUT2D eigenvalue weighted by atomic mass is 10.4. The van der Waals surface area contributed by atoms with Crippen LogP contribution in [-0.2, 0) is 11.3 Å². The van der Waals surface area contributed by atoms with Gasteiger partial charge in [-0.05, 0) is 25.5 Å². The largest absolute Gasteiger partial charge is 0.383 e. The molecule has 1 rings (SSSR count). The van der Waals surface area contributed by atoms with Crippen LogP contribution in [0.3, 0.4) is 0 Å². The van der Waals surface area contributed by atoms with Gasteiger partial charge >= 0.3 is 0 Å². The highest BCUT2D eigenvalue weighted by molar-refractivity contribution is 4.99. The standard InChI is InChI=1S/C10H19N3O/c1-10-8-12-13(9-10)6-3-4-11-5-7-14-2/h8-9,11H,3-7H2,1-2H3. The van der Waals surface area contributed by atoms with Crippen LogP contribution in [0.25, 0.3) is 0 Å². The minimum atomic E-state index is 0.779. The fourth-order valence-corrected chi connectivity index (χ4v) is 1.25. The molecule has 0 spiro atoms. The summed E-state index contributed by atoms with van der Waals surface area (Å²) in [7, 11) is 1.72. The van der Waals surface area contributed by atoms with E-state index in [2.05, 4.69) is 23.5 Å². The summed E-state index contributed by atoms with van der Waals surface area (Å²) in [5.74, 6) is 0. The minimum Gasteiger partial charge on any atom is -0.383 e. The van der Waals surface area contributed by atoms with Crippen molar-refractivity contribution in [2.24, 2.45) is 0 Å². The number of rotatable bonds is 7. The Balaban J connectivity index is 1.99. The number of hydrogen-bond donors (Lipinski definition) is 1. The number of hydrogen-bond acceptors (Lipinski definition) is 3. The lowest BCUT2D eigenvalue weighted by Gasteiger charge is -2.03. The summed E-state index contributed by atoms with van der Waals surface area (Å²) in [6.45, 7) is 5.76. The second-order valence-corrected chi connectivity index (χ2v) is 3.38. The average molecular weight is 197 g/mol. The lowest BCUT2D eigenvalue weighted by molar-refractivity contribution is 0.199. The highest BCUT2D eigenvalue weighted by Crippen LogP contribution is 1.94. The van der Waals surface area contributed by atoms with Crippen molar-refractivity contribution in [2.75, 3.05) is 26.8 Å². The van der Waals surface area contributed by atoms with Crippen molar-refractivity contribution in [3.05, 3.63) is 18.0 Å². The molecular formula is C10H19N3O. The number of ether oxygens (including phenoxy) is 1. The molecule has 14 heavy (non-hydrogen) atoms. The predicted molar refractivity (Wildman–Crippen MR) is 56.3 cm³/mol. The van der Waals surface area contributed by atoms with E-state index >= 15 is 0 Å². The van der Waals surface area contributed by atoms with Gasteiger partial charge in [-0.1, -0.05) is 0 Å². The first-order chi connectivity index (χ1) is 6.83. The molecule has 4 nitrogen and oxygen atoms in total. The van der Waals surface area contributed by atoms with Gasteiger partial charge in [0.05, 0.1) is 12.8 Å². The fourth-order valence-electron chi connectivity index (χ4n) is 1.25. The Kier molecular flexibility index (Phi) is 5.25. The van der Waals surface area contributed by atoms with Crippen LogP contribution in [0.2, 0.25) is 0 Å². The Labute approximate surface area is 85.3 Å². The van der Waals surface area contributed by atoms with Crippen LogP contribution in [0.1, 0.15) is 12.0 Å².